The fourth-order valence-electron chi connectivity index (χ4n) is 4.99. The molecule has 2 N–H and O–H groups in total. The lowest BCUT2D eigenvalue weighted by Gasteiger charge is -2.26. The monoisotopic (exact) mass is 549 g/mol. The zero-order chi connectivity index (χ0) is 27.6. The van der Waals surface area contributed by atoms with Crippen molar-refractivity contribution in [2.24, 2.45) is 0 Å². The molecule has 0 aliphatic heterocycles. The molecular formula is C30H26ClF2N3O3. The lowest BCUT2D eigenvalue weighted by molar-refractivity contribution is -0.165. The topological polar surface area (TPSA) is 92.2 Å². The van der Waals surface area contributed by atoms with Crippen molar-refractivity contribution in [3.05, 3.63) is 94.1 Å². The fraction of sp³-hybridized carbons (Fsp3) is 0.267. The predicted molar refractivity (Wildman–Crippen MR) is 145 cm³/mol. The highest BCUT2D eigenvalue weighted by atomic mass is 35.5. The molecule has 1 aliphatic carbocycles. The van der Waals surface area contributed by atoms with Gasteiger partial charge in [0.15, 0.2) is 0 Å². The predicted octanol–water partition coefficient (Wildman–Crippen LogP) is 6.80. The lowest BCUT2D eigenvalue weighted by Crippen LogP contribution is -2.31. The van der Waals surface area contributed by atoms with E-state index in [0.717, 1.165) is 36.0 Å². The van der Waals surface area contributed by atoms with Crippen LogP contribution in [0, 0.1) is 0 Å². The first-order chi connectivity index (χ1) is 18.7. The first-order valence-electron chi connectivity index (χ1n) is 12.8. The second-order valence-corrected chi connectivity index (χ2v) is 10.1. The number of halogens is 3. The van der Waals surface area contributed by atoms with Gasteiger partial charge in [-0.1, -0.05) is 48.0 Å². The first-order valence-corrected chi connectivity index (χ1v) is 13.2. The maximum atomic E-state index is 13.7. The van der Waals surface area contributed by atoms with E-state index in [1.165, 1.54) is 0 Å². The van der Waals surface area contributed by atoms with E-state index in [-0.39, 0.29) is 24.8 Å². The van der Waals surface area contributed by atoms with E-state index < -0.39 is 18.3 Å². The Kier molecular flexibility index (Phi) is 7.57. The molecule has 3 aromatic carbocycles. The van der Waals surface area contributed by atoms with Crippen LogP contribution >= 0.6 is 11.6 Å². The van der Waals surface area contributed by atoms with Crippen LogP contribution in [0.2, 0.25) is 5.02 Å². The SMILES string of the molecule is O=C(N[C@@H]1CCCc2cc(Cl)ccc21)c1ccc2nc(-c3ccccc3)c(CCCC(F)(F)C(=O)O)nc2c1. The Balaban J connectivity index is 1.43. The van der Waals surface area contributed by atoms with E-state index in [0.29, 0.717) is 33.0 Å². The minimum atomic E-state index is -3.81. The number of nitrogens with zero attached hydrogens (tertiary/aromatic N) is 2. The number of aryl methyl sites for hydroxylation is 2. The van der Waals surface area contributed by atoms with Gasteiger partial charge in [0.1, 0.15) is 0 Å². The van der Waals surface area contributed by atoms with Gasteiger partial charge < -0.3 is 10.4 Å². The highest BCUT2D eigenvalue weighted by molar-refractivity contribution is 6.30. The van der Waals surface area contributed by atoms with Crippen molar-refractivity contribution in [1.29, 1.82) is 0 Å². The van der Waals surface area contributed by atoms with E-state index in [2.05, 4.69) is 5.32 Å². The van der Waals surface area contributed by atoms with E-state index >= 15 is 0 Å². The molecule has 0 radical (unpaired) electrons. The molecule has 5 rings (SSSR count). The van der Waals surface area contributed by atoms with Gasteiger partial charge in [-0.15, -0.1) is 0 Å². The summed E-state index contributed by atoms with van der Waals surface area (Å²) in [4.78, 5) is 33.5. The summed E-state index contributed by atoms with van der Waals surface area (Å²) in [5, 5.41) is 12.5. The number of carboxylic acids is 1. The Hall–Kier alpha value is -3.91. The summed E-state index contributed by atoms with van der Waals surface area (Å²) in [6, 6.07) is 19.9. The smallest absolute Gasteiger partial charge is 0.374 e. The van der Waals surface area contributed by atoms with Crippen molar-refractivity contribution in [3.63, 3.8) is 0 Å². The molecule has 0 bridgehead atoms. The summed E-state index contributed by atoms with van der Waals surface area (Å²) in [7, 11) is 0. The Bertz CT molecular complexity index is 1550. The van der Waals surface area contributed by atoms with Crippen LogP contribution < -0.4 is 5.32 Å². The summed E-state index contributed by atoms with van der Waals surface area (Å²) in [5.74, 6) is -6.21. The van der Waals surface area contributed by atoms with Gasteiger partial charge in [-0.25, -0.2) is 14.8 Å². The molecule has 1 atom stereocenters. The molecule has 1 heterocycles. The Labute approximate surface area is 229 Å². The number of amides is 1. The zero-order valence-corrected chi connectivity index (χ0v) is 21.7. The van der Waals surface area contributed by atoms with E-state index in [1.54, 1.807) is 18.2 Å². The van der Waals surface area contributed by atoms with Crippen LogP contribution in [-0.4, -0.2) is 32.9 Å². The molecule has 200 valence electrons. The van der Waals surface area contributed by atoms with E-state index in [1.807, 2.05) is 48.5 Å². The number of nitrogens with one attached hydrogen (secondary N) is 1. The minimum Gasteiger partial charge on any atom is -0.477 e. The molecule has 1 aliphatic rings. The third-order valence-electron chi connectivity index (χ3n) is 6.99. The maximum absolute atomic E-state index is 13.7. The number of aromatic nitrogens is 2. The van der Waals surface area contributed by atoms with E-state index in [4.69, 9.17) is 26.7 Å². The number of aliphatic carboxylic acids is 1. The molecular weight excluding hydrogens is 524 g/mol. The highest BCUT2D eigenvalue weighted by Crippen LogP contribution is 2.32. The van der Waals surface area contributed by atoms with Crippen LogP contribution in [0.5, 0.6) is 0 Å². The summed E-state index contributed by atoms with van der Waals surface area (Å²) in [6.45, 7) is 0. The van der Waals surface area contributed by atoms with Crippen LogP contribution in [0.1, 0.15) is 58.9 Å². The number of carbonyl (C=O) groups excluding carboxylic acids is 1. The molecule has 4 aromatic rings. The van der Waals surface area contributed by atoms with Crippen molar-refractivity contribution in [2.45, 2.75) is 50.5 Å². The van der Waals surface area contributed by atoms with Gasteiger partial charge in [0.25, 0.3) is 5.91 Å². The van der Waals surface area contributed by atoms with Crippen molar-refractivity contribution in [2.75, 3.05) is 0 Å². The van der Waals surface area contributed by atoms with Gasteiger partial charge in [-0.3, -0.25) is 4.79 Å². The van der Waals surface area contributed by atoms with Gasteiger partial charge in [-0.05, 0) is 73.6 Å². The number of hydrogen-bond acceptors (Lipinski definition) is 4. The van der Waals surface area contributed by atoms with Crippen molar-refractivity contribution in [3.8, 4) is 11.3 Å². The molecule has 0 unspecified atom stereocenters. The number of benzene rings is 3. The minimum absolute atomic E-state index is 0.0927. The van der Waals surface area contributed by atoms with Crippen molar-refractivity contribution in [1.82, 2.24) is 15.3 Å². The second-order valence-electron chi connectivity index (χ2n) is 9.71. The molecule has 39 heavy (non-hydrogen) atoms. The molecule has 9 heteroatoms. The third-order valence-corrected chi connectivity index (χ3v) is 7.22. The van der Waals surface area contributed by atoms with E-state index in [9.17, 15) is 18.4 Å². The van der Waals surface area contributed by atoms with Crippen LogP contribution in [-0.2, 0) is 17.6 Å². The number of fused-ring (bicyclic) bond motifs is 2. The van der Waals surface area contributed by atoms with Crippen LogP contribution in [0.15, 0.2) is 66.7 Å². The number of carboxylic acid groups (broad SMARTS) is 1. The number of alkyl halides is 2. The lowest BCUT2D eigenvalue weighted by atomic mass is 9.87. The molecule has 0 spiro atoms. The highest BCUT2D eigenvalue weighted by Gasteiger charge is 2.37. The summed E-state index contributed by atoms with van der Waals surface area (Å²) >= 11 is 6.15. The average molecular weight is 550 g/mol. The fourth-order valence-corrected chi connectivity index (χ4v) is 5.19. The maximum Gasteiger partial charge on any atom is 0.374 e. The average Bonchev–Trinajstić information content (AvgIpc) is 2.92. The van der Waals surface area contributed by atoms with Crippen LogP contribution in [0.3, 0.4) is 0 Å². The summed E-state index contributed by atoms with van der Waals surface area (Å²) in [6.07, 6.45) is 1.87. The first kappa shape index (κ1) is 26.7. The van der Waals surface area contributed by atoms with Gasteiger partial charge in [0.2, 0.25) is 0 Å². The summed E-state index contributed by atoms with van der Waals surface area (Å²) < 4.78 is 27.4. The molecule has 0 fully saturated rings. The molecule has 1 amide bonds. The van der Waals surface area contributed by atoms with Gasteiger partial charge in [0, 0.05) is 22.6 Å². The number of carbonyl (C=O) groups is 2. The molecule has 1 aromatic heterocycles. The third kappa shape index (κ3) is 5.91. The molecule has 6 nitrogen and oxygen atoms in total. The van der Waals surface area contributed by atoms with Gasteiger partial charge in [-0.2, -0.15) is 8.78 Å². The van der Waals surface area contributed by atoms with Crippen LogP contribution in [0.25, 0.3) is 22.3 Å². The standard InChI is InChI=1S/C30H26ClF2N3O3/c31-21-12-13-22-19(16-21)8-4-9-23(22)36-28(37)20-11-14-24-26(17-20)34-25(10-5-15-30(32,33)29(38)39)27(35-24)18-6-2-1-3-7-18/h1-3,6-7,11-14,16-17,23H,4-5,8-10,15H2,(H,36,37)(H,38,39)/t23-/m1/s1. The molecule has 0 saturated carbocycles. The second kappa shape index (κ2) is 11.1. The number of rotatable bonds is 8. The van der Waals surface area contributed by atoms with Gasteiger partial charge >= 0.3 is 11.9 Å². The summed E-state index contributed by atoms with van der Waals surface area (Å²) in [5.41, 5.74) is 5.39. The Morgan fingerprint density at radius 3 is 2.59 bits per heavy atom. The Morgan fingerprint density at radius 2 is 1.82 bits per heavy atom. The van der Waals surface area contributed by atoms with Crippen molar-refractivity contribution >= 4 is 34.5 Å². The normalized spacial score (nSPS) is 15.1. The van der Waals surface area contributed by atoms with Gasteiger partial charge in [0.05, 0.1) is 28.5 Å². The molecule has 0 saturated heterocycles. The quantitative estimate of drug-likeness (QED) is 0.252. The van der Waals surface area contributed by atoms with Crippen LogP contribution in [0.4, 0.5) is 8.78 Å². The van der Waals surface area contributed by atoms with Crippen molar-refractivity contribution < 1.29 is 23.5 Å². The largest absolute Gasteiger partial charge is 0.477 e. The number of hydrogen-bond donors (Lipinski definition) is 2. The zero-order valence-electron chi connectivity index (χ0n) is 21.0. The Morgan fingerprint density at radius 1 is 1.03 bits per heavy atom.